The minimum absolute atomic E-state index is 0.00564. The van der Waals surface area contributed by atoms with E-state index in [4.69, 9.17) is 25.4 Å². The van der Waals surface area contributed by atoms with Crippen molar-refractivity contribution in [3.8, 4) is 17.2 Å². The van der Waals surface area contributed by atoms with Gasteiger partial charge in [-0.15, -0.1) is 0 Å². The second-order valence-electron chi connectivity index (χ2n) is 11.2. The first-order chi connectivity index (χ1) is 20.2. The Morgan fingerprint density at radius 1 is 0.905 bits per heavy atom. The Morgan fingerprint density at radius 2 is 1.45 bits per heavy atom. The van der Waals surface area contributed by atoms with E-state index >= 15 is 0 Å². The number of rotatable bonds is 13. The number of hydrogen-bond donors (Lipinski definition) is 2. The molecule has 8 nitrogen and oxygen atoms in total. The van der Waals surface area contributed by atoms with Crippen LogP contribution < -0.4 is 19.9 Å². The lowest BCUT2D eigenvalue weighted by molar-refractivity contribution is -0.125. The molecule has 0 saturated carbocycles. The molecule has 1 aliphatic rings. The summed E-state index contributed by atoms with van der Waals surface area (Å²) in [6, 6.07) is 23.1. The molecule has 3 N–H and O–H groups in total. The largest absolute Gasteiger partial charge is 0.493 e. The first kappa shape index (κ1) is 30.8. The molecule has 0 aliphatic carbocycles. The number of carbonyl (C=O) groups is 2. The molecule has 42 heavy (non-hydrogen) atoms. The molecule has 1 aliphatic heterocycles. The lowest BCUT2D eigenvalue weighted by Gasteiger charge is -2.41. The number of ketones is 1. The number of benzene rings is 3. The Balaban J connectivity index is 1.51. The number of Topliss-reactive ketones (excluding diaryl/α,β-unsaturated/α-hetero) is 1. The molecule has 1 amide bonds. The van der Waals surface area contributed by atoms with Crippen LogP contribution in [0.4, 0.5) is 0 Å². The average Bonchev–Trinajstić information content (AvgIpc) is 3.03. The smallest absolute Gasteiger partial charge is 0.228 e. The van der Waals surface area contributed by atoms with Crippen molar-refractivity contribution in [2.24, 2.45) is 5.73 Å². The monoisotopic (exact) mass is 571 g/mol. The molecule has 4 rings (SSSR count). The predicted octanol–water partition coefficient (Wildman–Crippen LogP) is 5.17. The summed E-state index contributed by atoms with van der Waals surface area (Å²) < 4.78 is 16.2. The molecule has 1 heterocycles. The summed E-state index contributed by atoms with van der Waals surface area (Å²) in [6.07, 6.45) is 2.31. The Morgan fingerprint density at radius 3 is 1.95 bits per heavy atom. The minimum Gasteiger partial charge on any atom is -0.493 e. The van der Waals surface area contributed by atoms with Gasteiger partial charge in [0, 0.05) is 12.0 Å². The highest BCUT2D eigenvalue weighted by Crippen LogP contribution is 2.40. The van der Waals surface area contributed by atoms with Crippen LogP contribution in [-0.2, 0) is 15.6 Å². The molecule has 0 spiro atoms. The highest BCUT2D eigenvalue weighted by Gasteiger charge is 2.42. The van der Waals surface area contributed by atoms with Crippen molar-refractivity contribution in [2.45, 2.75) is 43.4 Å². The number of carbonyl (C=O) groups excluding carboxylic acids is 2. The highest BCUT2D eigenvalue weighted by atomic mass is 16.5. The maximum Gasteiger partial charge on any atom is 0.228 e. The first-order valence-electron chi connectivity index (χ1n) is 14.2. The Hall–Kier alpha value is -4.17. The van der Waals surface area contributed by atoms with Crippen molar-refractivity contribution < 1.29 is 23.8 Å². The summed E-state index contributed by atoms with van der Waals surface area (Å²) in [7, 11) is 4.50. The van der Waals surface area contributed by atoms with Crippen LogP contribution >= 0.6 is 0 Å². The predicted molar refractivity (Wildman–Crippen MR) is 164 cm³/mol. The van der Waals surface area contributed by atoms with Gasteiger partial charge in [-0.1, -0.05) is 67.6 Å². The summed E-state index contributed by atoms with van der Waals surface area (Å²) >= 11 is 0. The van der Waals surface area contributed by atoms with E-state index in [0.29, 0.717) is 35.7 Å². The van der Waals surface area contributed by atoms with Gasteiger partial charge in [-0.3, -0.25) is 9.59 Å². The lowest BCUT2D eigenvalue weighted by atomic mass is 9.71. The molecule has 1 saturated heterocycles. The van der Waals surface area contributed by atoms with E-state index in [1.165, 1.54) is 21.3 Å². The van der Waals surface area contributed by atoms with Gasteiger partial charge in [-0.05, 0) is 67.6 Å². The van der Waals surface area contributed by atoms with E-state index in [2.05, 4.69) is 24.0 Å². The van der Waals surface area contributed by atoms with Gasteiger partial charge in [0.15, 0.2) is 11.5 Å². The maximum absolute atomic E-state index is 13.5. The van der Waals surface area contributed by atoms with Crippen molar-refractivity contribution in [3.05, 3.63) is 89.5 Å². The van der Waals surface area contributed by atoms with Crippen LogP contribution in [0.25, 0.3) is 0 Å². The summed E-state index contributed by atoms with van der Waals surface area (Å²) in [5.74, 6) is 0.467. The van der Waals surface area contributed by atoms with Gasteiger partial charge in [-0.25, -0.2) is 0 Å². The van der Waals surface area contributed by atoms with Gasteiger partial charge in [-0.2, -0.15) is 0 Å². The average molecular weight is 572 g/mol. The molecule has 1 unspecified atom stereocenters. The van der Waals surface area contributed by atoms with Gasteiger partial charge >= 0.3 is 0 Å². The van der Waals surface area contributed by atoms with Crippen LogP contribution in [-0.4, -0.2) is 63.3 Å². The minimum atomic E-state index is -0.657. The summed E-state index contributed by atoms with van der Waals surface area (Å²) in [6.45, 7) is 4.36. The van der Waals surface area contributed by atoms with Crippen molar-refractivity contribution in [1.82, 2.24) is 4.90 Å². The molecule has 0 bridgehead atoms. The molecule has 0 aromatic heterocycles. The SMILES string of the molecule is COc1cc(C(=O)C(=N)CC(C)(CCN2CCC(C(N)=O)(c3ccccc3)CC2)c2ccccc2)cc(OC)c1OC. The zero-order chi connectivity index (χ0) is 30.3. The maximum atomic E-state index is 13.5. The Labute approximate surface area is 248 Å². The fourth-order valence-electron chi connectivity index (χ4n) is 6.03. The zero-order valence-electron chi connectivity index (χ0n) is 24.9. The second-order valence-corrected chi connectivity index (χ2v) is 11.2. The quantitative estimate of drug-likeness (QED) is 0.216. The summed E-state index contributed by atoms with van der Waals surface area (Å²) in [5, 5.41) is 8.88. The number of hydrogen-bond acceptors (Lipinski definition) is 7. The number of primary amides is 1. The molecular formula is C34H41N3O5. The van der Waals surface area contributed by atoms with E-state index in [9.17, 15) is 9.59 Å². The molecule has 8 heteroatoms. The molecule has 3 aromatic rings. The summed E-state index contributed by atoms with van der Waals surface area (Å²) in [4.78, 5) is 28.5. The molecular weight excluding hydrogens is 530 g/mol. The van der Waals surface area contributed by atoms with Gasteiger partial charge in [0.2, 0.25) is 17.4 Å². The van der Waals surface area contributed by atoms with E-state index in [0.717, 1.165) is 37.2 Å². The van der Waals surface area contributed by atoms with Gasteiger partial charge in [0.1, 0.15) is 0 Å². The number of piperidine rings is 1. The van der Waals surface area contributed by atoms with Crippen LogP contribution in [0.3, 0.4) is 0 Å². The van der Waals surface area contributed by atoms with Gasteiger partial charge in [0.05, 0.1) is 32.5 Å². The van der Waals surface area contributed by atoms with Gasteiger partial charge in [0.25, 0.3) is 0 Å². The Kier molecular flexibility index (Phi) is 9.68. The van der Waals surface area contributed by atoms with Crippen molar-refractivity contribution in [3.63, 3.8) is 0 Å². The Bertz CT molecular complexity index is 1380. The number of nitrogens with two attached hydrogens (primary N) is 1. The summed E-state index contributed by atoms with van der Waals surface area (Å²) in [5.41, 5.74) is 7.19. The van der Waals surface area contributed by atoms with Crippen LogP contribution in [0, 0.1) is 5.41 Å². The van der Waals surface area contributed by atoms with Crippen molar-refractivity contribution in [1.29, 1.82) is 5.41 Å². The third-order valence-electron chi connectivity index (χ3n) is 8.73. The van der Waals surface area contributed by atoms with Crippen LogP contribution in [0.1, 0.15) is 54.1 Å². The molecule has 222 valence electrons. The van der Waals surface area contributed by atoms with Crippen molar-refractivity contribution in [2.75, 3.05) is 41.0 Å². The second kappa shape index (κ2) is 13.2. The van der Waals surface area contributed by atoms with E-state index in [-0.39, 0.29) is 23.8 Å². The fourth-order valence-corrected chi connectivity index (χ4v) is 6.03. The molecule has 1 atom stereocenters. The number of methoxy groups -OCH3 is 3. The third kappa shape index (κ3) is 6.34. The van der Waals surface area contributed by atoms with Crippen molar-refractivity contribution >= 4 is 17.4 Å². The zero-order valence-corrected chi connectivity index (χ0v) is 24.9. The highest BCUT2D eigenvalue weighted by molar-refractivity contribution is 6.45. The number of nitrogens with one attached hydrogen (secondary N) is 1. The van der Waals surface area contributed by atoms with E-state index < -0.39 is 10.8 Å². The third-order valence-corrected chi connectivity index (χ3v) is 8.73. The number of amides is 1. The normalized spacial score (nSPS) is 16.2. The number of nitrogens with zero attached hydrogens (tertiary/aromatic N) is 1. The number of ether oxygens (including phenoxy) is 3. The lowest BCUT2D eigenvalue weighted by Crippen LogP contribution is -2.50. The van der Waals surface area contributed by atoms with Crippen LogP contribution in [0.2, 0.25) is 0 Å². The standard InChI is InChI=1S/C34H41N3O5/c1-33(25-11-7-5-8-12-25,23-27(35)30(38)24-21-28(40-2)31(42-4)29(22-24)41-3)15-18-37-19-16-34(17-20-37,32(36)39)26-13-9-6-10-14-26/h5-14,21-22,35H,15-20,23H2,1-4H3,(H2,36,39). The topological polar surface area (TPSA) is 115 Å². The first-order valence-corrected chi connectivity index (χ1v) is 14.2. The van der Waals surface area contributed by atoms with Crippen LogP contribution in [0.5, 0.6) is 17.2 Å². The molecule has 3 aromatic carbocycles. The number of likely N-dealkylation sites (tertiary alicyclic amines) is 1. The molecule has 1 fully saturated rings. The fraction of sp³-hybridized carbons (Fsp3) is 0.382. The van der Waals surface area contributed by atoms with Gasteiger partial charge < -0.3 is 30.3 Å². The van der Waals surface area contributed by atoms with E-state index in [1.807, 2.05) is 48.5 Å². The van der Waals surface area contributed by atoms with Crippen LogP contribution in [0.15, 0.2) is 72.8 Å². The van der Waals surface area contributed by atoms with E-state index in [1.54, 1.807) is 12.1 Å². The molecule has 0 radical (unpaired) electrons.